The summed E-state index contributed by atoms with van der Waals surface area (Å²) in [6.45, 7) is 1.65. The molecule has 0 aromatic rings. The van der Waals surface area contributed by atoms with Crippen LogP contribution in [0.15, 0.2) is 0 Å². The summed E-state index contributed by atoms with van der Waals surface area (Å²) in [5.41, 5.74) is 5.76. The van der Waals surface area contributed by atoms with Crippen molar-refractivity contribution in [3.05, 3.63) is 0 Å². The van der Waals surface area contributed by atoms with Crippen LogP contribution in [0, 0.1) is 0 Å². The van der Waals surface area contributed by atoms with Gasteiger partial charge in [-0.3, -0.25) is 4.79 Å². The fourth-order valence-electron chi connectivity index (χ4n) is 1.96. The van der Waals surface area contributed by atoms with Gasteiger partial charge in [0.25, 0.3) is 0 Å². The standard InChI is InChI=1S/C9H16N2OS/c10-7-3-4-11(6-7)9(12)8-2-1-5-13-8/h7-8H,1-6,10H2/t7-,8?/m1/s1. The molecule has 74 valence electrons. The highest BCUT2D eigenvalue weighted by Crippen LogP contribution is 2.28. The van der Waals surface area contributed by atoms with Gasteiger partial charge in [-0.15, -0.1) is 11.8 Å². The second kappa shape index (κ2) is 3.88. The zero-order valence-electron chi connectivity index (χ0n) is 7.74. The Morgan fingerprint density at radius 1 is 1.46 bits per heavy atom. The number of nitrogens with zero attached hydrogens (tertiary/aromatic N) is 1. The van der Waals surface area contributed by atoms with Crippen LogP contribution in [-0.4, -0.2) is 40.9 Å². The number of hydrogen-bond donors (Lipinski definition) is 1. The predicted molar refractivity (Wildman–Crippen MR) is 54.7 cm³/mol. The van der Waals surface area contributed by atoms with E-state index in [0.717, 1.165) is 31.7 Å². The van der Waals surface area contributed by atoms with Gasteiger partial charge in [0.2, 0.25) is 5.91 Å². The number of rotatable bonds is 1. The van der Waals surface area contributed by atoms with E-state index in [1.54, 1.807) is 11.8 Å². The minimum absolute atomic E-state index is 0.218. The molecule has 0 saturated carbocycles. The molecule has 4 heteroatoms. The van der Waals surface area contributed by atoms with E-state index in [-0.39, 0.29) is 11.3 Å². The molecule has 0 spiro atoms. The van der Waals surface area contributed by atoms with Crippen molar-refractivity contribution >= 4 is 17.7 Å². The molecule has 2 rings (SSSR count). The first-order chi connectivity index (χ1) is 6.27. The lowest BCUT2D eigenvalue weighted by Gasteiger charge is -2.19. The number of hydrogen-bond acceptors (Lipinski definition) is 3. The second-order valence-electron chi connectivity index (χ2n) is 3.83. The summed E-state index contributed by atoms with van der Waals surface area (Å²) in [5, 5.41) is 0.241. The topological polar surface area (TPSA) is 46.3 Å². The highest BCUT2D eigenvalue weighted by Gasteiger charge is 2.31. The quantitative estimate of drug-likeness (QED) is 0.668. The maximum absolute atomic E-state index is 11.8. The molecule has 13 heavy (non-hydrogen) atoms. The van der Waals surface area contributed by atoms with Gasteiger partial charge in [-0.25, -0.2) is 0 Å². The Hall–Kier alpha value is -0.220. The molecule has 1 amide bonds. The molecule has 2 atom stereocenters. The van der Waals surface area contributed by atoms with Crippen LogP contribution in [0.25, 0.3) is 0 Å². The van der Waals surface area contributed by atoms with E-state index in [2.05, 4.69) is 0 Å². The number of amides is 1. The van der Waals surface area contributed by atoms with Gasteiger partial charge in [-0.05, 0) is 25.0 Å². The summed E-state index contributed by atoms with van der Waals surface area (Å²) in [4.78, 5) is 13.8. The van der Waals surface area contributed by atoms with Crippen LogP contribution in [0.3, 0.4) is 0 Å². The number of likely N-dealkylation sites (tertiary alicyclic amines) is 1. The molecule has 0 aliphatic carbocycles. The first-order valence-corrected chi connectivity index (χ1v) is 5.98. The molecular weight excluding hydrogens is 184 g/mol. The van der Waals surface area contributed by atoms with Crippen LogP contribution in [-0.2, 0) is 4.79 Å². The molecular formula is C9H16N2OS. The normalized spacial score (nSPS) is 34.1. The molecule has 0 bridgehead atoms. The van der Waals surface area contributed by atoms with Gasteiger partial charge < -0.3 is 10.6 Å². The van der Waals surface area contributed by atoms with Gasteiger partial charge in [0.15, 0.2) is 0 Å². The van der Waals surface area contributed by atoms with E-state index in [1.807, 2.05) is 4.90 Å². The molecule has 0 radical (unpaired) electrons. The SMILES string of the molecule is N[C@@H]1CCN(C(=O)C2CCCS2)C1. The van der Waals surface area contributed by atoms with Crippen LogP contribution in [0.4, 0.5) is 0 Å². The smallest absolute Gasteiger partial charge is 0.235 e. The molecule has 3 nitrogen and oxygen atoms in total. The maximum Gasteiger partial charge on any atom is 0.235 e. The molecule has 2 N–H and O–H groups in total. The Kier molecular flexibility index (Phi) is 2.79. The fraction of sp³-hybridized carbons (Fsp3) is 0.889. The van der Waals surface area contributed by atoms with Gasteiger partial charge in [-0.2, -0.15) is 0 Å². The minimum atomic E-state index is 0.218. The third-order valence-corrected chi connectivity index (χ3v) is 4.11. The third-order valence-electron chi connectivity index (χ3n) is 2.74. The van der Waals surface area contributed by atoms with Gasteiger partial charge in [0.05, 0.1) is 5.25 Å². The van der Waals surface area contributed by atoms with Crippen molar-refractivity contribution in [3.63, 3.8) is 0 Å². The Morgan fingerprint density at radius 2 is 2.31 bits per heavy atom. The van der Waals surface area contributed by atoms with Crippen molar-refractivity contribution in [2.45, 2.75) is 30.6 Å². The zero-order chi connectivity index (χ0) is 9.26. The van der Waals surface area contributed by atoms with Crippen molar-refractivity contribution in [3.8, 4) is 0 Å². The summed E-state index contributed by atoms with van der Waals surface area (Å²) < 4.78 is 0. The van der Waals surface area contributed by atoms with E-state index in [9.17, 15) is 4.79 Å². The molecule has 0 aromatic heterocycles. The number of nitrogens with two attached hydrogens (primary N) is 1. The molecule has 2 aliphatic heterocycles. The largest absolute Gasteiger partial charge is 0.340 e. The molecule has 2 saturated heterocycles. The second-order valence-corrected chi connectivity index (χ2v) is 5.15. The molecule has 2 fully saturated rings. The molecule has 0 aromatic carbocycles. The summed E-state index contributed by atoms with van der Waals surface area (Å²) >= 11 is 1.81. The van der Waals surface area contributed by atoms with E-state index < -0.39 is 0 Å². The average molecular weight is 200 g/mol. The third kappa shape index (κ3) is 1.99. The fourth-order valence-corrected chi connectivity index (χ4v) is 3.21. The van der Waals surface area contributed by atoms with Crippen LogP contribution in [0.5, 0.6) is 0 Å². The number of carbonyl (C=O) groups excluding carboxylic acids is 1. The highest BCUT2D eigenvalue weighted by atomic mass is 32.2. The number of thioether (sulfide) groups is 1. The monoisotopic (exact) mass is 200 g/mol. The van der Waals surface area contributed by atoms with Gasteiger partial charge in [-0.1, -0.05) is 0 Å². The van der Waals surface area contributed by atoms with Crippen molar-refractivity contribution in [1.29, 1.82) is 0 Å². The molecule has 1 unspecified atom stereocenters. The van der Waals surface area contributed by atoms with E-state index in [0.29, 0.717) is 5.91 Å². The Labute approximate surface area is 83.0 Å². The highest BCUT2D eigenvalue weighted by molar-refractivity contribution is 8.00. The summed E-state index contributed by atoms with van der Waals surface area (Å²) in [7, 11) is 0. The Morgan fingerprint density at radius 3 is 2.85 bits per heavy atom. The van der Waals surface area contributed by atoms with Crippen LogP contribution >= 0.6 is 11.8 Å². The molecule has 2 aliphatic rings. The van der Waals surface area contributed by atoms with Crippen LogP contribution < -0.4 is 5.73 Å². The molecule has 2 heterocycles. The Bertz CT molecular complexity index is 204. The van der Waals surface area contributed by atoms with Crippen molar-refractivity contribution < 1.29 is 4.79 Å². The zero-order valence-corrected chi connectivity index (χ0v) is 8.55. The lowest BCUT2D eigenvalue weighted by atomic mass is 10.2. The lowest BCUT2D eigenvalue weighted by molar-refractivity contribution is -0.129. The van der Waals surface area contributed by atoms with Crippen molar-refractivity contribution in [2.75, 3.05) is 18.8 Å². The van der Waals surface area contributed by atoms with Gasteiger partial charge >= 0.3 is 0 Å². The van der Waals surface area contributed by atoms with E-state index >= 15 is 0 Å². The summed E-state index contributed by atoms with van der Waals surface area (Å²) in [5.74, 6) is 1.48. The van der Waals surface area contributed by atoms with Crippen LogP contribution in [0.2, 0.25) is 0 Å². The lowest BCUT2D eigenvalue weighted by Crippen LogP contribution is -2.36. The first-order valence-electron chi connectivity index (χ1n) is 4.93. The van der Waals surface area contributed by atoms with Crippen molar-refractivity contribution in [2.24, 2.45) is 5.73 Å². The van der Waals surface area contributed by atoms with E-state index in [4.69, 9.17) is 5.73 Å². The minimum Gasteiger partial charge on any atom is -0.340 e. The maximum atomic E-state index is 11.8. The van der Waals surface area contributed by atoms with Gasteiger partial charge in [0.1, 0.15) is 0 Å². The summed E-state index contributed by atoms with van der Waals surface area (Å²) in [6.07, 6.45) is 3.24. The van der Waals surface area contributed by atoms with E-state index in [1.165, 1.54) is 6.42 Å². The van der Waals surface area contributed by atoms with Gasteiger partial charge in [0, 0.05) is 19.1 Å². The average Bonchev–Trinajstić information content (AvgIpc) is 2.72. The van der Waals surface area contributed by atoms with Crippen LogP contribution in [0.1, 0.15) is 19.3 Å². The predicted octanol–water partition coefficient (Wildman–Crippen LogP) is 0.442. The summed E-state index contributed by atoms with van der Waals surface area (Å²) in [6, 6.07) is 0.218. The Balaban J connectivity index is 1.89. The first kappa shape index (κ1) is 9.34. The van der Waals surface area contributed by atoms with Crippen molar-refractivity contribution in [1.82, 2.24) is 4.90 Å². The number of carbonyl (C=O) groups is 1.